The van der Waals surface area contributed by atoms with Gasteiger partial charge in [0.25, 0.3) is 0 Å². The van der Waals surface area contributed by atoms with Crippen LogP contribution in [-0.2, 0) is 0 Å². The van der Waals surface area contributed by atoms with E-state index in [1.165, 1.54) is 12.8 Å². The Morgan fingerprint density at radius 2 is 2.00 bits per heavy atom. The maximum Gasteiger partial charge on any atom is 0.326 e. The Labute approximate surface area is 120 Å². The molecule has 0 saturated heterocycles. The van der Waals surface area contributed by atoms with Crippen molar-refractivity contribution in [3.8, 4) is 0 Å². The summed E-state index contributed by atoms with van der Waals surface area (Å²) >= 11 is 0. The molecule has 3 rings (SSSR count). The van der Waals surface area contributed by atoms with Gasteiger partial charge in [0, 0.05) is 6.04 Å². The molecule has 1 heterocycles. The molecule has 2 aromatic rings. The number of rotatable bonds is 2. The minimum absolute atomic E-state index is 0.0518. The molecular weight excluding hydrogens is 248 g/mol. The van der Waals surface area contributed by atoms with E-state index >= 15 is 0 Å². The molecular formula is C17H24N2O. The largest absolute Gasteiger partial charge is 0.326 e. The molecule has 1 saturated carbocycles. The summed E-state index contributed by atoms with van der Waals surface area (Å²) in [5, 5.41) is 0. The van der Waals surface area contributed by atoms with E-state index in [-0.39, 0.29) is 5.69 Å². The van der Waals surface area contributed by atoms with Gasteiger partial charge in [-0.05, 0) is 42.7 Å². The first-order chi connectivity index (χ1) is 9.58. The van der Waals surface area contributed by atoms with Crippen LogP contribution in [0.15, 0.2) is 29.1 Å². The van der Waals surface area contributed by atoms with E-state index < -0.39 is 0 Å². The van der Waals surface area contributed by atoms with Crippen LogP contribution in [0.2, 0.25) is 0 Å². The van der Waals surface area contributed by atoms with Crippen molar-refractivity contribution in [3.63, 3.8) is 0 Å². The SMILES string of the molecule is CC1CCC(C(C)C)C(n2c(=O)[nH]c3ccccc32)C1. The third kappa shape index (κ3) is 2.19. The van der Waals surface area contributed by atoms with E-state index in [0.717, 1.165) is 17.5 Å². The van der Waals surface area contributed by atoms with E-state index in [2.05, 4.69) is 31.8 Å². The second-order valence-electron chi connectivity index (χ2n) is 6.71. The summed E-state index contributed by atoms with van der Waals surface area (Å²) < 4.78 is 2.02. The maximum absolute atomic E-state index is 12.4. The van der Waals surface area contributed by atoms with E-state index in [1.807, 2.05) is 22.8 Å². The third-order valence-corrected chi connectivity index (χ3v) is 4.94. The highest BCUT2D eigenvalue weighted by molar-refractivity contribution is 5.75. The van der Waals surface area contributed by atoms with Gasteiger partial charge in [-0.25, -0.2) is 4.79 Å². The first-order valence-corrected chi connectivity index (χ1v) is 7.77. The fourth-order valence-electron chi connectivity index (χ4n) is 3.85. The zero-order valence-corrected chi connectivity index (χ0v) is 12.6. The van der Waals surface area contributed by atoms with Crippen LogP contribution in [-0.4, -0.2) is 9.55 Å². The summed E-state index contributed by atoms with van der Waals surface area (Å²) in [6.45, 7) is 6.88. The van der Waals surface area contributed by atoms with Crippen LogP contribution in [0.4, 0.5) is 0 Å². The van der Waals surface area contributed by atoms with E-state index in [0.29, 0.717) is 23.8 Å². The van der Waals surface area contributed by atoms with Crippen molar-refractivity contribution < 1.29 is 0 Å². The lowest BCUT2D eigenvalue weighted by Crippen LogP contribution is -2.34. The monoisotopic (exact) mass is 272 g/mol. The van der Waals surface area contributed by atoms with Crippen LogP contribution in [0.1, 0.15) is 46.1 Å². The van der Waals surface area contributed by atoms with Crippen molar-refractivity contribution in [1.29, 1.82) is 0 Å². The summed E-state index contributed by atoms with van der Waals surface area (Å²) in [6.07, 6.45) is 3.64. The maximum atomic E-state index is 12.4. The summed E-state index contributed by atoms with van der Waals surface area (Å²) in [7, 11) is 0. The first-order valence-electron chi connectivity index (χ1n) is 7.77. The Morgan fingerprint density at radius 1 is 1.25 bits per heavy atom. The lowest BCUT2D eigenvalue weighted by atomic mass is 9.74. The van der Waals surface area contributed by atoms with Crippen LogP contribution in [0.3, 0.4) is 0 Å². The molecule has 3 unspecified atom stereocenters. The van der Waals surface area contributed by atoms with Crippen molar-refractivity contribution in [3.05, 3.63) is 34.7 Å². The average molecular weight is 272 g/mol. The highest BCUT2D eigenvalue weighted by atomic mass is 16.1. The molecule has 3 atom stereocenters. The molecule has 20 heavy (non-hydrogen) atoms. The number of hydrogen-bond acceptors (Lipinski definition) is 1. The molecule has 1 aromatic carbocycles. The van der Waals surface area contributed by atoms with Crippen LogP contribution < -0.4 is 5.69 Å². The standard InChI is InChI=1S/C17H24N2O/c1-11(2)13-9-8-12(3)10-16(13)19-15-7-5-4-6-14(15)18-17(19)20/h4-7,11-13,16H,8-10H2,1-3H3,(H,18,20). The summed E-state index contributed by atoms with van der Waals surface area (Å²) in [5.74, 6) is 1.92. The van der Waals surface area contributed by atoms with Gasteiger partial charge in [-0.3, -0.25) is 4.57 Å². The summed E-state index contributed by atoms with van der Waals surface area (Å²) in [6, 6.07) is 8.38. The van der Waals surface area contributed by atoms with Crippen LogP contribution >= 0.6 is 0 Å². The Kier molecular flexibility index (Phi) is 3.45. The quantitative estimate of drug-likeness (QED) is 0.882. The average Bonchev–Trinajstić information content (AvgIpc) is 2.73. The lowest BCUT2D eigenvalue weighted by molar-refractivity contribution is 0.150. The minimum atomic E-state index is 0.0518. The zero-order valence-electron chi connectivity index (χ0n) is 12.6. The minimum Gasteiger partial charge on any atom is -0.306 e. The smallest absolute Gasteiger partial charge is 0.306 e. The van der Waals surface area contributed by atoms with Gasteiger partial charge in [0.1, 0.15) is 0 Å². The number of aromatic nitrogens is 2. The molecule has 0 amide bonds. The van der Waals surface area contributed by atoms with Crippen molar-refractivity contribution in [2.75, 3.05) is 0 Å². The zero-order chi connectivity index (χ0) is 14.3. The second kappa shape index (κ2) is 5.12. The molecule has 0 radical (unpaired) electrons. The number of aromatic amines is 1. The second-order valence-corrected chi connectivity index (χ2v) is 6.71. The molecule has 1 aliphatic carbocycles. The normalized spacial score (nSPS) is 27.3. The van der Waals surface area contributed by atoms with Gasteiger partial charge in [-0.15, -0.1) is 0 Å². The highest BCUT2D eigenvalue weighted by Crippen LogP contribution is 2.41. The molecule has 1 N–H and O–H groups in total. The molecule has 1 fully saturated rings. The van der Waals surface area contributed by atoms with Gasteiger partial charge >= 0.3 is 5.69 Å². The van der Waals surface area contributed by atoms with Gasteiger partial charge in [-0.2, -0.15) is 0 Å². The molecule has 0 aliphatic heterocycles. The Balaban J connectivity index is 2.11. The van der Waals surface area contributed by atoms with Gasteiger partial charge in [-0.1, -0.05) is 39.3 Å². The van der Waals surface area contributed by atoms with Crippen molar-refractivity contribution in [2.45, 2.75) is 46.1 Å². The number of nitrogens with one attached hydrogen (secondary N) is 1. The van der Waals surface area contributed by atoms with Crippen LogP contribution in [0.25, 0.3) is 11.0 Å². The molecule has 0 bridgehead atoms. The number of H-pyrrole nitrogens is 1. The lowest BCUT2D eigenvalue weighted by Gasteiger charge is -2.38. The molecule has 0 spiro atoms. The van der Waals surface area contributed by atoms with Gasteiger partial charge < -0.3 is 4.98 Å². The topological polar surface area (TPSA) is 37.8 Å². The van der Waals surface area contributed by atoms with Crippen LogP contribution in [0, 0.1) is 17.8 Å². The van der Waals surface area contributed by atoms with Crippen molar-refractivity contribution in [2.24, 2.45) is 17.8 Å². The molecule has 3 heteroatoms. The summed E-state index contributed by atoms with van der Waals surface area (Å²) in [5.41, 5.74) is 2.07. The van der Waals surface area contributed by atoms with E-state index in [9.17, 15) is 4.79 Å². The number of nitrogens with zero attached hydrogens (tertiary/aromatic N) is 1. The predicted molar refractivity (Wildman–Crippen MR) is 82.9 cm³/mol. The Bertz CT molecular complexity index is 652. The number of para-hydroxylation sites is 2. The fraction of sp³-hybridized carbons (Fsp3) is 0.588. The van der Waals surface area contributed by atoms with Gasteiger partial charge in [0.05, 0.1) is 11.0 Å². The molecule has 3 nitrogen and oxygen atoms in total. The number of hydrogen-bond donors (Lipinski definition) is 1. The van der Waals surface area contributed by atoms with E-state index in [1.54, 1.807) is 0 Å². The van der Waals surface area contributed by atoms with Gasteiger partial charge in [0.2, 0.25) is 0 Å². The van der Waals surface area contributed by atoms with Crippen LogP contribution in [0.5, 0.6) is 0 Å². The fourth-order valence-corrected chi connectivity index (χ4v) is 3.85. The first kappa shape index (κ1) is 13.5. The Morgan fingerprint density at radius 3 is 2.75 bits per heavy atom. The molecule has 108 valence electrons. The molecule has 1 aliphatic rings. The highest BCUT2D eigenvalue weighted by Gasteiger charge is 2.33. The number of benzene rings is 1. The van der Waals surface area contributed by atoms with Crippen molar-refractivity contribution >= 4 is 11.0 Å². The van der Waals surface area contributed by atoms with Crippen molar-refractivity contribution in [1.82, 2.24) is 9.55 Å². The Hall–Kier alpha value is -1.51. The number of fused-ring (bicyclic) bond motifs is 1. The summed E-state index contributed by atoms with van der Waals surface area (Å²) in [4.78, 5) is 15.4. The predicted octanol–water partition coefficient (Wildman–Crippen LogP) is 3.96. The molecule has 1 aromatic heterocycles. The number of imidazole rings is 1. The third-order valence-electron chi connectivity index (χ3n) is 4.94. The van der Waals surface area contributed by atoms with E-state index in [4.69, 9.17) is 0 Å². The van der Waals surface area contributed by atoms with Gasteiger partial charge in [0.15, 0.2) is 0 Å².